The van der Waals surface area contributed by atoms with Gasteiger partial charge in [-0.1, -0.05) is 17.4 Å². The van der Waals surface area contributed by atoms with E-state index in [9.17, 15) is 4.79 Å². The van der Waals surface area contributed by atoms with Gasteiger partial charge in [0.1, 0.15) is 4.88 Å². The number of piperazine rings is 1. The number of carbonyl (C=O) groups is 1. The maximum atomic E-state index is 13.0. The second kappa shape index (κ2) is 7.46. The number of rotatable bonds is 4. The molecule has 8 heteroatoms. The molecule has 1 aliphatic rings. The fourth-order valence-electron chi connectivity index (χ4n) is 3.70. The Hall–Kier alpha value is -2.97. The topological polar surface area (TPSA) is 58.7 Å². The van der Waals surface area contributed by atoms with Crippen molar-refractivity contribution in [2.24, 2.45) is 0 Å². The molecule has 29 heavy (non-hydrogen) atoms. The standard InChI is InChI=1S/C21H22N6OS/c1-16-19(29-21(22-16)26-7-4-5-8-26)20(28)25-12-10-24(11-13-25)15-17-14-18-6-2-3-9-27(18)23-17/h2-9,14H,10-13,15H2,1H3. The molecule has 0 radical (unpaired) electrons. The lowest BCUT2D eigenvalue weighted by Gasteiger charge is -2.34. The highest BCUT2D eigenvalue weighted by Gasteiger charge is 2.26. The van der Waals surface area contributed by atoms with Crippen molar-refractivity contribution >= 4 is 22.8 Å². The number of aromatic nitrogens is 4. The Morgan fingerprint density at radius 2 is 1.83 bits per heavy atom. The second-order valence-corrected chi connectivity index (χ2v) is 8.25. The normalized spacial score (nSPS) is 15.3. The van der Waals surface area contributed by atoms with Crippen LogP contribution in [0.15, 0.2) is 55.0 Å². The van der Waals surface area contributed by atoms with Crippen LogP contribution in [0, 0.1) is 6.92 Å². The SMILES string of the molecule is Cc1nc(-n2cccc2)sc1C(=O)N1CCN(Cc2cc3ccccn3n2)CC1. The third-order valence-corrected chi connectivity index (χ3v) is 6.43. The van der Waals surface area contributed by atoms with Crippen molar-refractivity contribution in [1.29, 1.82) is 0 Å². The van der Waals surface area contributed by atoms with Crippen LogP contribution in [0.5, 0.6) is 0 Å². The Morgan fingerprint density at radius 1 is 1.07 bits per heavy atom. The summed E-state index contributed by atoms with van der Waals surface area (Å²) in [5.74, 6) is 0.0887. The van der Waals surface area contributed by atoms with Gasteiger partial charge in [-0.3, -0.25) is 9.69 Å². The van der Waals surface area contributed by atoms with Gasteiger partial charge in [0, 0.05) is 51.3 Å². The Morgan fingerprint density at radius 3 is 2.59 bits per heavy atom. The number of amides is 1. The van der Waals surface area contributed by atoms with E-state index in [2.05, 4.69) is 27.1 Å². The molecule has 0 spiro atoms. The Labute approximate surface area is 172 Å². The quantitative estimate of drug-likeness (QED) is 0.523. The predicted octanol–water partition coefficient (Wildman–Crippen LogP) is 2.85. The van der Waals surface area contributed by atoms with Crippen LogP contribution in [0.3, 0.4) is 0 Å². The lowest BCUT2D eigenvalue weighted by Crippen LogP contribution is -2.48. The molecule has 1 amide bonds. The molecule has 1 fully saturated rings. The van der Waals surface area contributed by atoms with Crippen molar-refractivity contribution in [3.8, 4) is 5.13 Å². The first-order valence-electron chi connectivity index (χ1n) is 9.73. The van der Waals surface area contributed by atoms with Crippen molar-refractivity contribution < 1.29 is 4.79 Å². The maximum absolute atomic E-state index is 13.0. The predicted molar refractivity (Wildman–Crippen MR) is 113 cm³/mol. The average molecular weight is 407 g/mol. The van der Waals surface area contributed by atoms with Gasteiger partial charge >= 0.3 is 0 Å². The van der Waals surface area contributed by atoms with E-state index in [1.165, 1.54) is 11.3 Å². The first-order chi connectivity index (χ1) is 14.2. The van der Waals surface area contributed by atoms with E-state index in [0.717, 1.165) is 59.6 Å². The fourth-order valence-corrected chi connectivity index (χ4v) is 4.71. The van der Waals surface area contributed by atoms with Gasteiger partial charge in [-0.15, -0.1) is 0 Å². The molecule has 5 heterocycles. The van der Waals surface area contributed by atoms with E-state index >= 15 is 0 Å². The van der Waals surface area contributed by atoms with Crippen molar-refractivity contribution in [1.82, 2.24) is 29.0 Å². The molecule has 0 atom stereocenters. The third-order valence-electron chi connectivity index (χ3n) is 5.27. The smallest absolute Gasteiger partial charge is 0.266 e. The molecule has 0 aromatic carbocycles. The van der Waals surface area contributed by atoms with Crippen LogP contribution >= 0.6 is 11.3 Å². The Balaban J connectivity index is 1.23. The molecule has 0 saturated carbocycles. The van der Waals surface area contributed by atoms with Crippen molar-refractivity contribution in [2.75, 3.05) is 26.2 Å². The lowest BCUT2D eigenvalue weighted by molar-refractivity contribution is 0.0631. The second-order valence-electron chi connectivity index (χ2n) is 7.28. The van der Waals surface area contributed by atoms with E-state index < -0.39 is 0 Å². The highest BCUT2D eigenvalue weighted by atomic mass is 32.1. The van der Waals surface area contributed by atoms with Gasteiger partial charge in [0.05, 0.1) is 16.9 Å². The zero-order valence-electron chi connectivity index (χ0n) is 16.2. The molecule has 0 N–H and O–H groups in total. The Kier molecular flexibility index (Phi) is 4.65. The van der Waals surface area contributed by atoms with Crippen molar-refractivity contribution in [3.63, 3.8) is 0 Å². The molecular formula is C21H22N6OS. The van der Waals surface area contributed by atoms with Gasteiger partial charge in [0.15, 0.2) is 5.13 Å². The zero-order chi connectivity index (χ0) is 19.8. The molecule has 0 aliphatic carbocycles. The maximum Gasteiger partial charge on any atom is 0.266 e. The first-order valence-corrected chi connectivity index (χ1v) is 10.5. The molecule has 1 aliphatic heterocycles. The molecule has 5 rings (SSSR count). The van der Waals surface area contributed by atoms with Crippen molar-refractivity contribution in [2.45, 2.75) is 13.5 Å². The van der Waals surface area contributed by atoms with Gasteiger partial charge in [0.25, 0.3) is 5.91 Å². The number of carbonyl (C=O) groups excluding carboxylic acids is 1. The highest BCUT2D eigenvalue weighted by Crippen LogP contribution is 2.24. The van der Waals surface area contributed by atoms with E-state index in [-0.39, 0.29) is 5.91 Å². The summed E-state index contributed by atoms with van der Waals surface area (Å²) >= 11 is 1.46. The highest BCUT2D eigenvalue weighted by molar-refractivity contribution is 7.16. The summed E-state index contributed by atoms with van der Waals surface area (Å²) < 4.78 is 3.85. The minimum absolute atomic E-state index is 0.0887. The van der Waals surface area contributed by atoms with E-state index in [1.807, 2.05) is 63.8 Å². The van der Waals surface area contributed by atoms with Crippen molar-refractivity contribution in [3.05, 3.63) is 71.3 Å². The Bertz CT molecular complexity index is 1100. The summed E-state index contributed by atoms with van der Waals surface area (Å²) in [7, 11) is 0. The fraction of sp³-hybridized carbons (Fsp3) is 0.286. The monoisotopic (exact) mass is 406 g/mol. The summed E-state index contributed by atoms with van der Waals surface area (Å²) in [6.07, 6.45) is 5.87. The van der Waals surface area contributed by atoms with Gasteiger partial charge in [-0.05, 0) is 37.3 Å². The summed E-state index contributed by atoms with van der Waals surface area (Å²) in [4.78, 5) is 22.7. The number of aryl methyl sites for hydroxylation is 1. The van der Waals surface area contributed by atoms with Crippen LogP contribution < -0.4 is 0 Å². The van der Waals surface area contributed by atoms with Crippen LogP contribution in [0.1, 0.15) is 21.1 Å². The molecule has 4 aromatic heterocycles. The number of pyridine rings is 1. The zero-order valence-corrected chi connectivity index (χ0v) is 17.0. The van der Waals surface area contributed by atoms with Gasteiger partial charge in [0.2, 0.25) is 0 Å². The van der Waals surface area contributed by atoms with Crippen LogP contribution in [-0.4, -0.2) is 61.1 Å². The summed E-state index contributed by atoms with van der Waals surface area (Å²) in [6, 6.07) is 12.1. The van der Waals surface area contributed by atoms with Crippen LogP contribution in [-0.2, 0) is 6.54 Å². The third kappa shape index (κ3) is 3.56. The van der Waals surface area contributed by atoms with E-state index in [4.69, 9.17) is 0 Å². The van der Waals surface area contributed by atoms with E-state index in [1.54, 1.807) is 0 Å². The van der Waals surface area contributed by atoms with Gasteiger partial charge in [-0.2, -0.15) is 5.10 Å². The molecule has 148 valence electrons. The molecule has 1 saturated heterocycles. The van der Waals surface area contributed by atoms with Crippen LogP contribution in [0.2, 0.25) is 0 Å². The largest absolute Gasteiger partial charge is 0.335 e. The number of thiazole rings is 1. The molecular weight excluding hydrogens is 384 g/mol. The van der Waals surface area contributed by atoms with Gasteiger partial charge in [-0.25, -0.2) is 9.50 Å². The lowest BCUT2D eigenvalue weighted by atomic mass is 10.2. The summed E-state index contributed by atoms with van der Waals surface area (Å²) in [5.41, 5.74) is 2.97. The molecule has 0 unspecified atom stereocenters. The van der Waals surface area contributed by atoms with E-state index in [0.29, 0.717) is 0 Å². The molecule has 7 nitrogen and oxygen atoms in total. The average Bonchev–Trinajstić information content (AvgIpc) is 3.47. The number of nitrogens with zero attached hydrogens (tertiary/aromatic N) is 6. The van der Waals surface area contributed by atoms with Crippen LogP contribution in [0.4, 0.5) is 0 Å². The number of fused-ring (bicyclic) bond motifs is 1. The summed E-state index contributed by atoms with van der Waals surface area (Å²) in [5, 5.41) is 5.47. The summed E-state index contributed by atoms with van der Waals surface area (Å²) in [6.45, 7) is 5.87. The first kappa shape index (κ1) is 18.1. The molecule has 0 bridgehead atoms. The van der Waals surface area contributed by atoms with Gasteiger partial charge < -0.3 is 9.47 Å². The molecule has 4 aromatic rings. The number of hydrogen-bond acceptors (Lipinski definition) is 5. The minimum Gasteiger partial charge on any atom is -0.335 e. The minimum atomic E-state index is 0.0887. The van der Waals surface area contributed by atoms with Crippen LogP contribution in [0.25, 0.3) is 10.6 Å². The number of hydrogen-bond donors (Lipinski definition) is 0.